The lowest BCUT2D eigenvalue weighted by molar-refractivity contribution is -0.432. The van der Waals surface area contributed by atoms with Crippen molar-refractivity contribution in [1.29, 1.82) is 0 Å². The number of carbonyl (C=O) groups excluding carboxylic acids is 1. The first-order valence-electron chi connectivity index (χ1n) is 7.52. The fraction of sp³-hybridized carbons (Fsp3) is 0.600. The van der Waals surface area contributed by atoms with Gasteiger partial charge in [-0.25, -0.2) is 4.79 Å². The zero-order valence-corrected chi connectivity index (χ0v) is 13.2. The summed E-state index contributed by atoms with van der Waals surface area (Å²) in [5, 5.41) is 8.78. The molecular formula is C15H20F3NO5. The van der Waals surface area contributed by atoms with Crippen molar-refractivity contribution in [2.45, 2.75) is 44.8 Å². The normalized spacial score (nSPS) is 15.2. The number of halogens is 3. The summed E-state index contributed by atoms with van der Waals surface area (Å²) in [7, 11) is 0. The molecule has 3 N–H and O–H groups in total. The van der Waals surface area contributed by atoms with E-state index in [4.69, 9.17) is 19.1 Å². The molecular weight excluding hydrogens is 331 g/mol. The minimum Gasteiger partial charge on any atom is -0.542 e. The number of alkyl halides is 3. The van der Waals surface area contributed by atoms with E-state index in [1.165, 1.54) is 18.9 Å². The number of quaternary nitrogens is 1. The topological polar surface area (TPSA) is 107 Å². The van der Waals surface area contributed by atoms with Crippen LogP contribution in [0.5, 0.6) is 5.75 Å². The van der Waals surface area contributed by atoms with Gasteiger partial charge in [0.1, 0.15) is 17.8 Å². The highest BCUT2D eigenvalue weighted by Gasteiger charge is 2.28. The fourth-order valence-electron chi connectivity index (χ4n) is 1.75. The molecule has 1 aromatic rings. The van der Waals surface area contributed by atoms with Crippen molar-refractivity contribution >= 4 is 5.97 Å². The predicted octanol–water partition coefficient (Wildman–Crippen LogP) is 0.810. The molecule has 0 radical (unpaired) electrons. The molecule has 24 heavy (non-hydrogen) atoms. The van der Waals surface area contributed by atoms with Crippen molar-refractivity contribution in [3.8, 4) is 5.75 Å². The van der Waals surface area contributed by atoms with Crippen LogP contribution in [0.2, 0.25) is 0 Å². The molecule has 1 aliphatic carbocycles. The van der Waals surface area contributed by atoms with E-state index in [1.807, 2.05) is 0 Å². The molecule has 1 atom stereocenters. The lowest BCUT2D eigenvalue weighted by Crippen LogP contribution is -2.53. The van der Waals surface area contributed by atoms with Gasteiger partial charge in [-0.15, -0.1) is 0 Å². The van der Waals surface area contributed by atoms with Gasteiger partial charge in [0.25, 0.3) is 0 Å². The van der Waals surface area contributed by atoms with Gasteiger partial charge in [0.2, 0.25) is 0 Å². The summed E-state index contributed by atoms with van der Waals surface area (Å²) < 4.78 is 42.3. The molecule has 1 heterocycles. The summed E-state index contributed by atoms with van der Waals surface area (Å²) in [6.07, 6.45) is -0.787. The van der Waals surface area contributed by atoms with Gasteiger partial charge in [-0.3, -0.25) is 0 Å². The average Bonchev–Trinajstić information content (AvgIpc) is 3.28. The number of rotatable bonds is 6. The van der Waals surface area contributed by atoms with Crippen LogP contribution in [-0.4, -0.2) is 18.8 Å². The van der Waals surface area contributed by atoms with Gasteiger partial charge in [-0.05, 0) is 18.8 Å². The molecule has 1 saturated carbocycles. The van der Waals surface area contributed by atoms with Crippen LogP contribution in [-0.2, 0) is 4.79 Å². The molecule has 1 fully saturated rings. The van der Waals surface area contributed by atoms with Gasteiger partial charge in [0.15, 0.2) is 5.76 Å². The molecule has 6 nitrogen and oxygen atoms in total. The van der Waals surface area contributed by atoms with Crippen molar-refractivity contribution in [2.24, 2.45) is 5.92 Å². The molecule has 1 aliphatic rings. The summed E-state index contributed by atoms with van der Waals surface area (Å²) >= 11 is 0. The summed E-state index contributed by atoms with van der Waals surface area (Å²) in [4.78, 5) is 20.2. The van der Waals surface area contributed by atoms with E-state index in [1.54, 1.807) is 6.07 Å². The quantitative estimate of drug-likeness (QED) is 0.816. The second-order valence-corrected chi connectivity index (χ2v) is 5.54. The van der Waals surface area contributed by atoms with Crippen LogP contribution in [0.1, 0.15) is 44.4 Å². The minimum atomic E-state index is -5.19. The number of hydrogen-bond donors (Lipinski definition) is 1. The Morgan fingerprint density at radius 1 is 1.46 bits per heavy atom. The standard InChI is InChI=1S/C13H19NO3.C2HF3O2/c1-2-3-11(14)12-6-10(7-13(15)17-12)16-8-9-4-5-9;3-2(4,5)1(6)7/h6-7,9,11H,2-5,8,14H2,1H3;(H,6,7)/t11-;/m1./s1. The largest absolute Gasteiger partial charge is 0.542 e. The molecule has 136 valence electrons. The molecule has 0 saturated heterocycles. The third-order valence-electron chi connectivity index (χ3n) is 3.22. The first kappa shape index (κ1) is 20.0. The number of aliphatic carboxylic acids is 1. The van der Waals surface area contributed by atoms with E-state index in [-0.39, 0.29) is 11.7 Å². The van der Waals surface area contributed by atoms with Crippen LogP contribution < -0.4 is 21.2 Å². The SMILES string of the molecule is CCC[C@@H]([NH3+])c1cc(OCC2CC2)cc(=O)o1.O=C([O-])C(F)(F)F. The summed E-state index contributed by atoms with van der Waals surface area (Å²) in [5.41, 5.74) is 3.65. The summed E-state index contributed by atoms with van der Waals surface area (Å²) in [5.74, 6) is -1.08. The zero-order chi connectivity index (χ0) is 18.3. The third kappa shape index (κ3) is 7.49. The Hall–Kier alpha value is -2.03. The maximum Gasteiger partial charge on any atom is 0.430 e. The summed E-state index contributed by atoms with van der Waals surface area (Å²) in [6, 6.07) is 3.24. The molecule has 1 aromatic heterocycles. The van der Waals surface area contributed by atoms with Crippen molar-refractivity contribution < 1.29 is 38.0 Å². The Bertz CT molecular complexity index is 596. The smallest absolute Gasteiger partial charge is 0.430 e. The molecule has 2 rings (SSSR count). The van der Waals surface area contributed by atoms with E-state index in [0.717, 1.165) is 12.8 Å². The van der Waals surface area contributed by atoms with Gasteiger partial charge >= 0.3 is 11.8 Å². The molecule has 0 aromatic carbocycles. The Labute approximate surface area is 136 Å². The van der Waals surface area contributed by atoms with Crippen LogP contribution in [0.3, 0.4) is 0 Å². The van der Waals surface area contributed by atoms with E-state index < -0.39 is 12.1 Å². The van der Waals surface area contributed by atoms with Gasteiger partial charge in [-0.1, -0.05) is 13.3 Å². The molecule has 0 spiro atoms. The zero-order valence-electron chi connectivity index (χ0n) is 13.2. The average molecular weight is 351 g/mol. The van der Waals surface area contributed by atoms with Crippen molar-refractivity contribution in [2.75, 3.05) is 6.61 Å². The number of hydrogen-bond acceptors (Lipinski definition) is 5. The molecule has 0 unspecified atom stereocenters. The number of ether oxygens (including phenoxy) is 1. The maximum atomic E-state index is 11.4. The summed E-state index contributed by atoms with van der Waals surface area (Å²) in [6.45, 7) is 2.79. The molecule has 0 amide bonds. The van der Waals surface area contributed by atoms with E-state index in [9.17, 15) is 18.0 Å². The van der Waals surface area contributed by atoms with Crippen molar-refractivity contribution in [3.05, 3.63) is 28.3 Å². The fourth-order valence-corrected chi connectivity index (χ4v) is 1.75. The predicted molar refractivity (Wildman–Crippen MR) is 74.8 cm³/mol. The Morgan fingerprint density at radius 2 is 2.04 bits per heavy atom. The van der Waals surface area contributed by atoms with Crippen LogP contribution in [0.15, 0.2) is 21.3 Å². The van der Waals surface area contributed by atoms with Crippen molar-refractivity contribution in [3.63, 3.8) is 0 Å². The van der Waals surface area contributed by atoms with E-state index >= 15 is 0 Å². The molecule has 9 heteroatoms. The number of carboxylic acids is 1. The van der Waals surface area contributed by atoms with Crippen LogP contribution in [0.25, 0.3) is 0 Å². The van der Waals surface area contributed by atoms with E-state index in [2.05, 4.69) is 12.7 Å². The lowest BCUT2D eigenvalue weighted by Gasteiger charge is -2.08. The Morgan fingerprint density at radius 3 is 2.50 bits per heavy atom. The van der Waals surface area contributed by atoms with Gasteiger partial charge < -0.3 is 24.8 Å². The highest BCUT2D eigenvalue weighted by molar-refractivity contribution is 5.70. The lowest BCUT2D eigenvalue weighted by atomic mass is 10.1. The second-order valence-electron chi connectivity index (χ2n) is 5.54. The third-order valence-corrected chi connectivity index (χ3v) is 3.22. The molecule has 0 bridgehead atoms. The Kier molecular flexibility index (Phi) is 7.27. The van der Waals surface area contributed by atoms with Gasteiger partial charge in [-0.2, -0.15) is 13.2 Å². The monoisotopic (exact) mass is 351 g/mol. The maximum absolute atomic E-state index is 11.4. The Balaban J connectivity index is 0.000000351. The van der Waals surface area contributed by atoms with Gasteiger partial charge in [0, 0.05) is 12.5 Å². The number of carboxylic acid groups (broad SMARTS) is 1. The van der Waals surface area contributed by atoms with Crippen molar-refractivity contribution in [1.82, 2.24) is 0 Å². The van der Waals surface area contributed by atoms with Crippen LogP contribution >= 0.6 is 0 Å². The highest BCUT2D eigenvalue weighted by Crippen LogP contribution is 2.29. The minimum absolute atomic E-state index is 0.0252. The first-order valence-corrected chi connectivity index (χ1v) is 7.52. The van der Waals surface area contributed by atoms with E-state index in [0.29, 0.717) is 24.0 Å². The number of carbonyl (C=O) groups is 1. The van der Waals surface area contributed by atoms with Crippen LogP contribution in [0, 0.1) is 5.92 Å². The first-order chi connectivity index (χ1) is 11.1. The molecule has 0 aliphatic heterocycles. The van der Waals surface area contributed by atoms with Gasteiger partial charge in [0.05, 0.1) is 12.7 Å². The highest BCUT2D eigenvalue weighted by atomic mass is 19.4. The second kappa shape index (κ2) is 8.72. The van der Waals surface area contributed by atoms with Crippen LogP contribution in [0.4, 0.5) is 13.2 Å².